The number of nitrogens with zero attached hydrogens (tertiary/aromatic N) is 2. The number of hydrogen-bond acceptors (Lipinski definition) is 4. The van der Waals surface area contributed by atoms with Gasteiger partial charge in [-0.1, -0.05) is 11.6 Å². The molecule has 1 heterocycles. The van der Waals surface area contributed by atoms with Gasteiger partial charge in [-0.3, -0.25) is 0 Å². The highest BCUT2D eigenvalue weighted by atomic mass is 35.5. The Morgan fingerprint density at radius 1 is 1.13 bits per heavy atom. The molecule has 4 nitrogen and oxygen atoms in total. The molecule has 0 aliphatic heterocycles. The Morgan fingerprint density at radius 2 is 1.93 bits per heavy atom. The summed E-state index contributed by atoms with van der Waals surface area (Å²) in [6.07, 6.45) is 1.60. The van der Waals surface area contributed by atoms with E-state index in [0.717, 1.165) is 10.8 Å². The van der Waals surface area contributed by atoms with Crippen LogP contribution in [0.4, 0.5) is 0 Å². The first-order valence-corrected chi connectivity index (χ1v) is 4.67. The van der Waals surface area contributed by atoms with E-state index in [4.69, 9.17) is 21.1 Å². The van der Waals surface area contributed by atoms with Gasteiger partial charge in [0, 0.05) is 5.39 Å². The Labute approximate surface area is 91.8 Å². The van der Waals surface area contributed by atoms with E-state index in [1.54, 1.807) is 26.5 Å². The minimum absolute atomic E-state index is 0.355. The molecule has 0 aliphatic rings. The van der Waals surface area contributed by atoms with Crippen LogP contribution in [0.15, 0.2) is 18.3 Å². The predicted octanol–water partition coefficient (Wildman–Crippen LogP) is 2.30. The first kappa shape index (κ1) is 9.98. The third-order valence-electron chi connectivity index (χ3n) is 2.14. The van der Waals surface area contributed by atoms with Crippen LogP contribution in [0.1, 0.15) is 0 Å². The van der Waals surface area contributed by atoms with Gasteiger partial charge in [-0.15, -0.1) is 5.10 Å². The number of rotatable bonds is 2. The van der Waals surface area contributed by atoms with E-state index in [2.05, 4.69) is 10.2 Å². The molecule has 5 heteroatoms. The van der Waals surface area contributed by atoms with Crippen molar-refractivity contribution in [1.29, 1.82) is 0 Å². The molecule has 15 heavy (non-hydrogen) atoms. The van der Waals surface area contributed by atoms with Gasteiger partial charge in [0.05, 0.1) is 25.8 Å². The van der Waals surface area contributed by atoms with Crippen LogP contribution in [0.2, 0.25) is 5.15 Å². The standard InChI is InChI=1S/C10H9ClN2O2/c1-14-8-4-3-6-7(9(8)15-2)5-12-13-10(6)11/h3-5H,1-2H3. The lowest BCUT2D eigenvalue weighted by atomic mass is 10.2. The lowest BCUT2D eigenvalue weighted by molar-refractivity contribution is 0.358. The third-order valence-corrected chi connectivity index (χ3v) is 2.42. The summed E-state index contributed by atoms with van der Waals surface area (Å²) in [6, 6.07) is 3.61. The van der Waals surface area contributed by atoms with Gasteiger partial charge in [0.1, 0.15) is 0 Å². The summed E-state index contributed by atoms with van der Waals surface area (Å²) in [5.41, 5.74) is 0. The lowest BCUT2D eigenvalue weighted by Gasteiger charge is -2.10. The fourth-order valence-electron chi connectivity index (χ4n) is 1.45. The molecule has 0 spiro atoms. The summed E-state index contributed by atoms with van der Waals surface area (Å²) in [6.45, 7) is 0. The molecule has 0 saturated heterocycles. The quantitative estimate of drug-likeness (QED) is 0.785. The van der Waals surface area contributed by atoms with Gasteiger partial charge in [-0.25, -0.2) is 0 Å². The van der Waals surface area contributed by atoms with Crippen molar-refractivity contribution >= 4 is 22.4 Å². The number of ether oxygens (including phenoxy) is 2. The Balaban J connectivity index is 2.82. The number of hydrogen-bond donors (Lipinski definition) is 0. The summed E-state index contributed by atoms with van der Waals surface area (Å²) < 4.78 is 10.4. The summed E-state index contributed by atoms with van der Waals surface area (Å²) in [5, 5.41) is 9.48. The first-order valence-electron chi connectivity index (χ1n) is 4.29. The molecular weight excluding hydrogens is 216 g/mol. The van der Waals surface area contributed by atoms with Crippen LogP contribution in [-0.2, 0) is 0 Å². The topological polar surface area (TPSA) is 44.2 Å². The average Bonchev–Trinajstić information content (AvgIpc) is 2.28. The normalized spacial score (nSPS) is 10.3. The van der Waals surface area contributed by atoms with E-state index in [9.17, 15) is 0 Å². The molecule has 1 aromatic carbocycles. The van der Waals surface area contributed by atoms with Gasteiger partial charge in [0.2, 0.25) is 0 Å². The fraction of sp³-hybridized carbons (Fsp3) is 0.200. The lowest BCUT2D eigenvalue weighted by Crippen LogP contribution is -1.93. The molecule has 0 amide bonds. The molecule has 0 radical (unpaired) electrons. The Kier molecular flexibility index (Phi) is 2.60. The van der Waals surface area contributed by atoms with Crippen LogP contribution < -0.4 is 9.47 Å². The summed E-state index contributed by atoms with van der Waals surface area (Å²) in [5.74, 6) is 1.26. The second-order valence-electron chi connectivity index (χ2n) is 2.90. The second-order valence-corrected chi connectivity index (χ2v) is 3.26. The highest BCUT2D eigenvalue weighted by Gasteiger charge is 2.11. The fourth-order valence-corrected chi connectivity index (χ4v) is 1.66. The van der Waals surface area contributed by atoms with E-state index in [-0.39, 0.29) is 0 Å². The van der Waals surface area contributed by atoms with Crippen molar-refractivity contribution in [3.8, 4) is 11.5 Å². The van der Waals surface area contributed by atoms with E-state index < -0.39 is 0 Å². The number of fused-ring (bicyclic) bond motifs is 1. The van der Waals surface area contributed by atoms with Crippen molar-refractivity contribution < 1.29 is 9.47 Å². The largest absolute Gasteiger partial charge is 0.493 e. The smallest absolute Gasteiger partial charge is 0.170 e. The Bertz CT molecular complexity index is 502. The Morgan fingerprint density at radius 3 is 2.60 bits per heavy atom. The molecule has 78 valence electrons. The zero-order chi connectivity index (χ0) is 10.8. The first-order chi connectivity index (χ1) is 7.27. The summed E-state index contributed by atoms with van der Waals surface area (Å²) in [7, 11) is 3.16. The average molecular weight is 225 g/mol. The van der Waals surface area contributed by atoms with Gasteiger partial charge < -0.3 is 9.47 Å². The van der Waals surface area contributed by atoms with Crippen molar-refractivity contribution in [3.63, 3.8) is 0 Å². The van der Waals surface area contributed by atoms with E-state index >= 15 is 0 Å². The zero-order valence-electron chi connectivity index (χ0n) is 8.32. The molecule has 0 atom stereocenters. The molecule has 0 aliphatic carbocycles. The molecule has 0 fully saturated rings. The van der Waals surface area contributed by atoms with Crippen molar-refractivity contribution in [3.05, 3.63) is 23.5 Å². The molecule has 0 N–H and O–H groups in total. The minimum atomic E-state index is 0.355. The highest BCUT2D eigenvalue weighted by molar-refractivity contribution is 6.34. The van der Waals surface area contributed by atoms with Gasteiger partial charge in [0.25, 0.3) is 0 Å². The maximum atomic E-state index is 5.91. The van der Waals surface area contributed by atoms with E-state index in [0.29, 0.717) is 16.7 Å². The van der Waals surface area contributed by atoms with Crippen molar-refractivity contribution in [2.24, 2.45) is 0 Å². The van der Waals surface area contributed by atoms with Crippen LogP contribution in [0.3, 0.4) is 0 Å². The maximum absolute atomic E-state index is 5.91. The summed E-state index contributed by atoms with van der Waals surface area (Å²) >= 11 is 5.91. The van der Waals surface area contributed by atoms with Crippen molar-refractivity contribution in [2.75, 3.05) is 14.2 Å². The number of methoxy groups -OCH3 is 2. The van der Waals surface area contributed by atoms with Gasteiger partial charge in [-0.05, 0) is 12.1 Å². The number of aromatic nitrogens is 2. The second kappa shape index (κ2) is 3.90. The van der Waals surface area contributed by atoms with Gasteiger partial charge >= 0.3 is 0 Å². The SMILES string of the molecule is COc1ccc2c(Cl)nncc2c1OC. The van der Waals surface area contributed by atoms with Crippen molar-refractivity contribution in [2.45, 2.75) is 0 Å². The Hall–Kier alpha value is -1.55. The van der Waals surface area contributed by atoms with Crippen LogP contribution >= 0.6 is 11.6 Å². The van der Waals surface area contributed by atoms with Crippen LogP contribution in [0.25, 0.3) is 10.8 Å². The third kappa shape index (κ3) is 1.57. The molecule has 0 saturated carbocycles. The zero-order valence-corrected chi connectivity index (χ0v) is 9.08. The monoisotopic (exact) mass is 224 g/mol. The molecule has 1 aromatic heterocycles. The van der Waals surface area contributed by atoms with Crippen LogP contribution in [0.5, 0.6) is 11.5 Å². The molecular formula is C10H9ClN2O2. The van der Waals surface area contributed by atoms with Gasteiger partial charge in [0.15, 0.2) is 16.7 Å². The minimum Gasteiger partial charge on any atom is -0.493 e. The summed E-state index contributed by atoms with van der Waals surface area (Å²) in [4.78, 5) is 0. The number of benzene rings is 1. The molecule has 0 unspecified atom stereocenters. The van der Waals surface area contributed by atoms with Crippen LogP contribution in [-0.4, -0.2) is 24.4 Å². The maximum Gasteiger partial charge on any atom is 0.170 e. The van der Waals surface area contributed by atoms with Crippen molar-refractivity contribution in [1.82, 2.24) is 10.2 Å². The molecule has 0 bridgehead atoms. The molecule has 2 rings (SSSR count). The van der Waals surface area contributed by atoms with Crippen LogP contribution in [0, 0.1) is 0 Å². The molecule has 2 aromatic rings. The predicted molar refractivity (Wildman–Crippen MR) is 57.7 cm³/mol. The highest BCUT2D eigenvalue weighted by Crippen LogP contribution is 2.36. The van der Waals surface area contributed by atoms with Gasteiger partial charge in [-0.2, -0.15) is 5.10 Å². The van der Waals surface area contributed by atoms with E-state index in [1.807, 2.05) is 6.07 Å². The van der Waals surface area contributed by atoms with E-state index in [1.165, 1.54) is 0 Å². The number of halogens is 1.